The van der Waals surface area contributed by atoms with Gasteiger partial charge in [0.15, 0.2) is 0 Å². The van der Waals surface area contributed by atoms with Crippen LogP contribution in [-0.2, 0) is 6.42 Å². The summed E-state index contributed by atoms with van der Waals surface area (Å²) in [4.78, 5) is 0. The molecule has 3 heteroatoms. The molecule has 94 valence electrons. The number of rotatable bonds is 4. The van der Waals surface area contributed by atoms with E-state index in [1.165, 1.54) is 5.56 Å². The molecule has 0 aliphatic heterocycles. The van der Waals surface area contributed by atoms with Crippen LogP contribution in [0, 0.1) is 0 Å². The fourth-order valence-electron chi connectivity index (χ4n) is 1.85. The zero-order valence-corrected chi connectivity index (χ0v) is 10.7. The lowest BCUT2D eigenvalue weighted by atomic mass is 10.1. The van der Waals surface area contributed by atoms with Gasteiger partial charge in [0, 0.05) is 29.2 Å². The van der Waals surface area contributed by atoms with Crippen LogP contribution >= 0.6 is 0 Å². The van der Waals surface area contributed by atoms with Crippen molar-refractivity contribution in [2.75, 3.05) is 18.2 Å². The molecule has 3 nitrogen and oxygen atoms in total. The summed E-state index contributed by atoms with van der Waals surface area (Å²) in [6, 6.07) is 13.9. The summed E-state index contributed by atoms with van der Waals surface area (Å²) in [6.07, 6.45) is 1.02. The van der Waals surface area contributed by atoms with Crippen molar-refractivity contribution < 1.29 is 4.74 Å². The molecule has 0 saturated heterocycles. The van der Waals surface area contributed by atoms with Crippen LogP contribution in [0.1, 0.15) is 12.5 Å². The van der Waals surface area contributed by atoms with Gasteiger partial charge in [-0.15, -0.1) is 0 Å². The van der Waals surface area contributed by atoms with Gasteiger partial charge in [0.2, 0.25) is 0 Å². The molecule has 0 aromatic heterocycles. The third-order valence-corrected chi connectivity index (χ3v) is 2.79. The zero-order valence-electron chi connectivity index (χ0n) is 10.7. The summed E-state index contributed by atoms with van der Waals surface area (Å²) < 4.78 is 5.20. The molecule has 0 radical (unpaired) electrons. The predicted octanol–water partition coefficient (Wildman–Crippen LogP) is 3.58. The first-order chi connectivity index (χ1) is 8.71. The summed E-state index contributed by atoms with van der Waals surface area (Å²) >= 11 is 0. The molecule has 0 heterocycles. The number of aryl methyl sites for hydroxylation is 1. The standard InChI is InChI=1S/C15H18N2O/c1-3-11-5-4-6-13(7-11)17-14-8-12(16)9-15(10-14)18-2/h4-10,17H,3,16H2,1-2H3. The van der Waals surface area contributed by atoms with Crippen molar-refractivity contribution in [3.63, 3.8) is 0 Å². The summed E-state index contributed by atoms with van der Waals surface area (Å²) in [5.41, 5.74) is 9.80. The lowest BCUT2D eigenvalue weighted by Crippen LogP contribution is -1.95. The molecular weight excluding hydrogens is 224 g/mol. The first-order valence-corrected chi connectivity index (χ1v) is 6.02. The van der Waals surface area contributed by atoms with Gasteiger partial charge in [-0.05, 0) is 30.2 Å². The Hall–Kier alpha value is -2.16. The number of anilines is 3. The molecule has 18 heavy (non-hydrogen) atoms. The van der Waals surface area contributed by atoms with E-state index in [1.54, 1.807) is 13.2 Å². The molecule has 0 amide bonds. The van der Waals surface area contributed by atoms with Gasteiger partial charge < -0.3 is 15.8 Å². The molecule has 0 fully saturated rings. The third-order valence-electron chi connectivity index (χ3n) is 2.79. The number of nitrogens with one attached hydrogen (secondary N) is 1. The molecule has 2 aromatic rings. The number of benzene rings is 2. The number of hydrogen-bond donors (Lipinski definition) is 2. The Bertz CT molecular complexity index is 538. The maximum Gasteiger partial charge on any atom is 0.122 e. The van der Waals surface area contributed by atoms with Crippen molar-refractivity contribution in [1.29, 1.82) is 0 Å². The van der Waals surface area contributed by atoms with Gasteiger partial charge in [0.05, 0.1) is 7.11 Å². The van der Waals surface area contributed by atoms with E-state index in [2.05, 4.69) is 24.4 Å². The highest BCUT2D eigenvalue weighted by Gasteiger charge is 2.00. The molecular formula is C15H18N2O. The van der Waals surface area contributed by atoms with Crippen LogP contribution in [0.15, 0.2) is 42.5 Å². The number of hydrogen-bond acceptors (Lipinski definition) is 3. The van der Waals surface area contributed by atoms with Crippen LogP contribution in [-0.4, -0.2) is 7.11 Å². The van der Waals surface area contributed by atoms with Crippen molar-refractivity contribution in [2.45, 2.75) is 13.3 Å². The fraction of sp³-hybridized carbons (Fsp3) is 0.200. The Kier molecular flexibility index (Phi) is 3.72. The molecule has 2 rings (SSSR count). The third kappa shape index (κ3) is 2.94. The molecule has 0 aliphatic carbocycles. The largest absolute Gasteiger partial charge is 0.497 e. The monoisotopic (exact) mass is 242 g/mol. The Morgan fingerprint density at radius 2 is 1.94 bits per heavy atom. The summed E-state index contributed by atoms with van der Waals surface area (Å²) in [6.45, 7) is 2.14. The lowest BCUT2D eigenvalue weighted by molar-refractivity contribution is 0.415. The van der Waals surface area contributed by atoms with Crippen LogP contribution in [0.25, 0.3) is 0 Å². The zero-order chi connectivity index (χ0) is 13.0. The minimum absolute atomic E-state index is 0.684. The average molecular weight is 242 g/mol. The molecule has 3 N–H and O–H groups in total. The lowest BCUT2D eigenvalue weighted by Gasteiger charge is -2.10. The van der Waals surface area contributed by atoms with Gasteiger partial charge in [-0.1, -0.05) is 19.1 Å². The summed E-state index contributed by atoms with van der Waals surface area (Å²) in [5, 5.41) is 3.33. The normalized spacial score (nSPS) is 10.1. The number of methoxy groups -OCH3 is 1. The van der Waals surface area contributed by atoms with E-state index in [0.717, 1.165) is 23.5 Å². The van der Waals surface area contributed by atoms with Gasteiger partial charge >= 0.3 is 0 Å². The Morgan fingerprint density at radius 3 is 2.67 bits per heavy atom. The number of ether oxygens (including phenoxy) is 1. The Morgan fingerprint density at radius 1 is 1.11 bits per heavy atom. The minimum atomic E-state index is 0.684. The maximum atomic E-state index is 5.82. The minimum Gasteiger partial charge on any atom is -0.497 e. The molecule has 2 aromatic carbocycles. The first-order valence-electron chi connectivity index (χ1n) is 6.02. The van der Waals surface area contributed by atoms with Crippen LogP contribution in [0.5, 0.6) is 5.75 Å². The topological polar surface area (TPSA) is 47.3 Å². The summed E-state index contributed by atoms with van der Waals surface area (Å²) in [7, 11) is 1.64. The van der Waals surface area contributed by atoms with E-state index >= 15 is 0 Å². The second-order valence-electron chi connectivity index (χ2n) is 4.17. The molecule has 0 saturated carbocycles. The van der Waals surface area contributed by atoms with Gasteiger partial charge in [-0.25, -0.2) is 0 Å². The number of nitrogen functional groups attached to an aromatic ring is 1. The summed E-state index contributed by atoms with van der Waals surface area (Å²) in [5.74, 6) is 0.754. The Labute approximate surface area is 108 Å². The van der Waals surface area contributed by atoms with Crippen LogP contribution < -0.4 is 15.8 Å². The van der Waals surface area contributed by atoms with E-state index in [9.17, 15) is 0 Å². The van der Waals surface area contributed by atoms with E-state index in [1.807, 2.05) is 24.3 Å². The molecule has 0 atom stereocenters. The highest BCUT2D eigenvalue weighted by Crippen LogP contribution is 2.25. The van der Waals surface area contributed by atoms with Gasteiger partial charge in [0.1, 0.15) is 5.75 Å². The van der Waals surface area contributed by atoms with Crippen LogP contribution in [0.4, 0.5) is 17.1 Å². The van der Waals surface area contributed by atoms with Crippen molar-refractivity contribution >= 4 is 17.1 Å². The van der Waals surface area contributed by atoms with Gasteiger partial charge in [-0.3, -0.25) is 0 Å². The first kappa shape index (κ1) is 12.3. The predicted molar refractivity (Wildman–Crippen MR) is 76.5 cm³/mol. The van der Waals surface area contributed by atoms with E-state index in [4.69, 9.17) is 10.5 Å². The molecule has 0 bridgehead atoms. The van der Waals surface area contributed by atoms with Crippen molar-refractivity contribution in [3.05, 3.63) is 48.0 Å². The highest BCUT2D eigenvalue weighted by atomic mass is 16.5. The maximum absolute atomic E-state index is 5.82. The molecule has 0 spiro atoms. The molecule has 0 unspecified atom stereocenters. The fourth-order valence-corrected chi connectivity index (χ4v) is 1.85. The average Bonchev–Trinajstić information content (AvgIpc) is 2.38. The quantitative estimate of drug-likeness (QED) is 0.805. The highest BCUT2D eigenvalue weighted by molar-refractivity contribution is 5.66. The van der Waals surface area contributed by atoms with Crippen LogP contribution in [0.2, 0.25) is 0 Å². The van der Waals surface area contributed by atoms with E-state index in [0.29, 0.717) is 5.69 Å². The number of nitrogens with two attached hydrogens (primary N) is 1. The van der Waals surface area contributed by atoms with Crippen molar-refractivity contribution in [2.24, 2.45) is 0 Å². The van der Waals surface area contributed by atoms with E-state index in [-0.39, 0.29) is 0 Å². The van der Waals surface area contributed by atoms with E-state index < -0.39 is 0 Å². The SMILES string of the molecule is CCc1cccc(Nc2cc(N)cc(OC)c2)c1. The second-order valence-corrected chi connectivity index (χ2v) is 4.17. The second kappa shape index (κ2) is 5.45. The van der Waals surface area contributed by atoms with Crippen molar-refractivity contribution in [3.8, 4) is 5.75 Å². The van der Waals surface area contributed by atoms with Gasteiger partial charge in [0.25, 0.3) is 0 Å². The van der Waals surface area contributed by atoms with Gasteiger partial charge in [-0.2, -0.15) is 0 Å². The smallest absolute Gasteiger partial charge is 0.122 e. The van der Waals surface area contributed by atoms with Crippen molar-refractivity contribution in [1.82, 2.24) is 0 Å². The van der Waals surface area contributed by atoms with Crippen LogP contribution in [0.3, 0.4) is 0 Å². The molecule has 0 aliphatic rings. The Balaban J connectivity index is 2.24.